The number of aliphatic hydroxyl groups is 1. The Hall–Kier alpha value is -2.08. The molecule has 0 aliphatic rings. The molecule has 2 rings (SSSR count). The molecule has 0 aliphatic heterocycles. The first kappa shape index (κ1) is 12.4. The van der Waals surface area contributed by atoms with E-state index in [2.05, 4.69) is 10.3 Å². The van der Waals surface area contributed by atoms with Gasteiger partial charge in [-0.3, -0.25) is 9.36 Å². The second-order valence-corrected chi connectivity index (χ2v) is 4.19. The first-order chi connectivity index (χ1) is 8.58. The summed E-state index contributed by atoms with van der Waals surface area (Å²) in [6.45, 7) is 1.70. The molecule has 1 heterocycles. The summed E-state index contributed by atoms with van der Waals surface area (Å²) in [6, 6.07) is 7.17. The predicted molar refractivity (Wildman–Crippen MR) is 67.2 cm³/mol. The summed E-state index contributed by atoms with van der Waals surface area (Å²) in [7, 11) is 0. The summed E-state index contributed by atoms with van der Waals surface area (Å²) >= 11 is 0. The van der Waals surface area contributed by atoms with Crippen molar-refractivity contribution in [2.24, 2.45) is 0 Å². The first-order valence-electron chi connectivity index (χ1n) is 5.70. The Bertz CT molecular complexity index is 612. The second kappa shape index (κ2) is 5.05. The van der Waals surface area contributed by atoms with Gasteiger partial charge in [0, 0.05) is 6.54 Å². The molecule has 1 unspecified atom stereocenters. The van der Waals surface area contributed by atoms with Crippen molar-refractivity contribution in [2.75, 3.05) is 6.54 Å². The van der Waals surface area contributed by atoms with Gasteiger partial charge in [0.15, 0.2) is 0 Å². The molecule has 0 fully saturated rings. The summed E-state index contributed by atoms with van der Waals surface area (Å²) in [4.78, 5) is 26.0. The van der Waals surface area contributed by atoms with Gasteiger partial charge in [0.2, 0.25) is 5.91 Å². The number of aliphatic hydroxyl groups excluding tert-OH is 1. The van der Waals surface area contributed by atoms with Crippen molar-refractivity contribution < 1.29 is 9.90 Å². The molecule has 1 aromatic heterocycles. The van der Waals surface area contributed by atoms with Gasteiger partial charge in [0.05, 0.1) is 17.1 Å². The van der Waals surface area contributed by atoms with Gasteiger partial charge in [-0.15, -0.1) is 0 Å². The van der Waals surface area contributed by atoms with E-state index in [1.54, 1.807) is 25.1 Å². The summed E-state index contributed by atoms with van der Waals surface area (Å²) < 4.78 is 1.37. The summed E-state index contributed by atoms with van der Waals surface area (Å²) in [5.74, 6) is -0.303. The summed E-state index contributed by atoms with van der Waals surface area (Å²) in [6.07, 6.45) is -0.603. The zero-order chi connectivity index (χ0) is 13.1. The normalized spacial score (nSPS) is 12.6. The van der Waals surface area contributed by atoms with E-state index in [0.717, 1.165) is 0 Å². The molecule has 0 saturated heterocycles. The minimum absolute atomic E-state index is 0.0600. The van der Waals surface area contributed by atoms with E-state index in [1.165, 1.54) is 4.57 Å². The molecule has 18 heavy (non-hydrogen) atoms. The van der Waals surface area contributed by atoms with Gasteiger partial charge in [0.25, 0.3) is 0 Å². The van der Waals surface area contributed by atoms with Crippen LogP contribution in [0.25, 0.3) is 11.0 Å². The third-order valence-electron chi connectivity index (χ3n) is 2.58. The number of imidazole rings is 1. The van der Waals surface area contributed by atoms with Gasteiger partial charge in [-0.2, -0.15) is 0 Å². The fourth-order valence-corrected chi connectivity index (χ4v) is 1.72. The first-order valence-corrected chi connectivity index (χ1v) is 5.70. The van der Waals surface area contributed by atoms with Crippen LogP contribution >= 0.6 is 0 Å². The average molecular weight is 249 g/mol. The fraction of sp³-hybridized carbons (Fsp3) is 0.333. The topological polar surface area (TPSA) is 87.1 Å². The van der Waals surface area contributed by atoms with Crippen molar-refractivity contribution in [3.05, 3.63) is 34.7 Å². The maximum atomic E-state index is 11.7. The highest BCUT2D eigenvalue weighted by Crippen LogP contribution is 2.08. The molecular formula is C12H15N3O3. The van der Waals surface area contributed by atoms with Crippen molar-refractivity contribution in [2.45, 2.75) is 19.6 Å². The SMILES string of the molecule is CC(O)CNC(=O)Cn1c(=O)[nH]c2ccccc21. The molecule has 96 valence electrons. The molecule has 1 amide bonds. The number of benzene rings is 1. The molecule has 3 N–H and O–H groups in total. The Morgan fingerprint density at radius 3 is 2.94 bits per heavy atom. The Morgan fingerprint density at radius 1 is 1.50 bits per heavy atom. The van der Waals surface area contributed by atoms with E-state index in [4.69, 9.17) is 5.11 Å². The number of aromatic amines is 1. The fourth-order valence-electron chi connectivity index (χ4n) is 1.72. The van der Waals surface area contributed by atoms with Crippen molar-refractivity contribution in [3.8, 4) is 0 Å². The second-order valence-electron chi connectivity index (χ2n) is 4.19. The number of nitrogens with one attached hydrogen (secondary N) is 2. The zero-order valence-electron chi connectivity index (χ0n) is 10.0. The van der Waals surface area contributed by atoms with Crippen LogP contribution in [-0.2, 0) is 11.3 Å². The number of nitrogens with zero attached hydrogens (tertiary/aromatic N) is 1. The number of H-pyrrole nitrogens is 1. The summed E-state index contributed by atoms with van der Waals surface area (Å²) in [5, 5.41) is 11.6. The molecule has 0 spiro atoms. The quantitative estimate of drug-likeness (QED) is 0.703. The molecule has 6 nitrogen and oxygen atoms in total. The van der Waals surface area contributed by atoms with Gasteiger partial charge >= 0.3 is 5.69 Å². The van der Waals surface area contributed by atoms with Gasteiger partial charge < -0.3 is 15.4 Å². The summed E-state index contributed by atoms with van der Waals surface area (Å²) in [5.41, 5.74) is 1.07. The van der Waals surface area contributed by atoms with E-state index in [-0.39, 0.29) is 24.7 Å². The number of hydrogen-bond acceptors (Lipinski definition) is 3. The molecule has 2 aromatic rings. The number of rotatable bonds is 4. The third kappa shape index (κ3) is 2.60. The molecule has 0 radical (unpaired) electrons. The minimum atomic E-state index is -0.603. The highest BCUT2D eigenvalue weighted by atomic mass is 16.3. The molecule has 0 bridgehead atoms. The van der Waals surface area contributed by atoms with Crippen LogP contribution in [0.15, 0.2) is 29.1 Å². The van der Waals surface area contributed by atoms with Crippen LogP contribution in [-0.4, -0.2) is 33.2 Å². The van der Waals surface area contributed by atoms with Crippen molar-refractivity contribution >= 4 is 16.9 Å². The van der Waals surface area contributed by atoms with Crippen molar-refractivity contribution in [3.63, 3.8) is 0 Å². The van der Waals surface area contributed by atoms with E-state index >= 15 is 0 Å². The smallest absolute Gasteiger partial charge is 0.326 e. The maximum absolute atomic E-state index is 11.7. The number of amides is 1. The number of para-hydroxylation sites is 2. The van der Waals surface area contributed by atoms with Gasteiger partial charge in [0.1, 0.15) is 6.54 Å². The molecule has 0 aliphatic carbocycles. The molecular weight excluding hydrogens is 234 g/mol. The Labute approximate surface area is 103 Å². The Balaban J connectivity index is 2.19. The lowest BCUT2D eigenvalue weighted by Crippen LogP contribution is -2.35. The van der Waals surface area contributed by atoms with E-state index in [1.807, 2.05) is 6.07 Å². The lowest BCUT2D eigenvalue weighted by Gasteiger charge is -2.07. The zero-order valence-corrected chi connectivity index (χ0v) is 10.0. The van der Waals surface area contributed by atoms with Crippen LogP contribution in [0.5, 0.6) is 0 Å². The Kier molecular flexibility index (Phi) is 3.47. The molecule has 1 atom stereocenters. The van der Waals surface area contributed by atoms with Crippen molar-refractivity contribution in [1.82, 2.24) is 14.9 Å². The molecule has 1 aromatic carbocycles. The standard InChI is InChI=1S/C12H15N3O3/c1-8(16)6-13-11(17)7-15-10-5-3-2-4-9(10)14-12(15)18/h2-5,8,16H,6-7H2,1H3,(H,13,17)(H,14,18). The average Bonchev–Trinajstić information content (AvgIpc) is 2.64. The predicted octanol–water partition coefficient (Wildman–Crippen LogP) is -0.173. The van der Waals surface area contributed by atoms with E-state index in [9.17, 15) is 9.59 Å². The van der Waals surface area contributed by atoms with Gasteiger partial charge in [-0.1, -0.05) is 12.1 Å². The highest BCUT2D eigenvalue weighted by molar-refractivity contribution is 5.80. The van der Waals surface area contributed by atoms with Crippen LogP contribution in [0.2, 0.25) is 0 Å². The van der Waals surface area contributed by atoms with Gasteiger partial charge in [-0.25, -0.2) is 4.79 Å². The number of carbonyl (C=O) groups excluding carboxylic acids is 1. The largest absolute Gasteiger partial charge is 0.392 e. The highest BCUT2D eigenvalue weighted by Gasteiger charge is 2.10. The minimum Gasteiger partial charge on any atom is -0.392 e. The monoisotopic (exact) mass is 249 g/mol. The lowest BCUT2D eigenvalue weighted by molar-refractivity contribution is -0.122. The maximum Gasteiger partial charge on any atom is 0.326 e. The van der Waals surface area contributed by atoms with E-state index in [0.29, 0.717) is 11.0 Å². The molecule has 6 heteroatoms. The van der Waals surface area contributed by atoms with Crippen LogP contribution < -0.4 is 11.0 Å². The van der Waals surface area contributed by atoms with Crippen LogP contribution in [0.3, 0.4) is 0 Å². The van der Waals surface area contributed by atoms with Crippen LogP contribution in [0, 0.1) is 0 Å². The number of hydrogen-bond donors (Lipinski definition) is 3. The third-order valence-corrected chi connectivity index (χ3v) is 2.58. The molecule has 0 saturated carbocycles. The number of aromatic nitrogens is 2. The van der Waals surface area contributed by atoms with Crippen LogP contribution in [0.1, 0.15) is 6.92 Å². The number of carbonyl (C=O) groups is 1. The van der Waals surface area contributed by atoms with Crippen molar-refractivity contribution in [1.29, 1.82) is 0 Å². The number of fused-ring (bicyclic) bond motifs is 1. The lowest BCUT2D eigenvalue weighted by atomic mass is 10.3. The van der Waals surface area contributed by atoms with Gasteiger partial charge in [-0.05, 0) is 19.1 Å². The Morgan fingerprint density at radius 2 is 2.22 bits per heavy atom. The van der Waals surface area contributed by atoms with E-state index < -0.39 is 6.10 Å². The van der Waals surface area contributed by atoms with Crippen LogP contribution in [0.4, 0.5) is 0 Å².